The van der Waals surface area contributed by atoms with Gasteiger partial charge in [-0.25, -0.2) is 18.0 Å². The highest BCUT2D eigenvalue weighted by Gasteiger charge is 2.38. The molecule has 0 unspecified atom stereocenters. The third-order valence-electron chi connectivity index (χ3n) is 4.65. The SMILES string of the molecule is CCOC(=O)c1c([C@H]2CCCC(F)(F)C2)[nH]ccc1=O.COc1cccc(F)c1F. The first kappa shape index (κ1) is 23.4. The lowest BCUT2D eigenvalue weighted by Gasteiger charge is -2.29. The van der Waals surface area contributed by atoms with Gasteiger partial charge in [-0.1, -0.05) is 6.07 Å². The van der Waals surface area contributed by atoms with Crippen molar-refractivity contribution in [2.45, 2.75) is 44.4 Å². The molecule has 1 aromatic heterocycles. The number of nitrogens with one attached hydrogen (secondary N) is 1. The van der Waals surface area contributed by atoms with Crippen molar-refractivity contribution in [1.29, 1.82) is 0 Å². The highest BCUT2D eigenvalue weighted by Crippen LogP contribution is 2.41. The first-order chi connectivity index (χ1) is 14.2. The van der Waals surface area contributed by atoms with E-state index in [1.54, 1.807) is 6.92 Å². The van der Waals surface area contributed by atoms with Crippen molar-refractivity contribution in [3.8, 4) is 5.75 Å². The van der Waals surface area contributed by atoms with Crippen LogP contribution >= 0.6 is 0 Å². The molecule has 0 aliphatic heterocycles. The number of hydrogen-bond donors (Lipinski definition) is 1. The summed E-state index contributed by atoms with van der Waals surface area (Å²) in [7, 11) is 1.29. The number of aromatic nitrogens is 1. The number of esters is 1. The highest BCUT2D eigenvalue weighted by atomic mass is 19.3. The molecular weight excluding hydrogens is 406 g/mol. The van der Waals surface area contributed by atoms with Crippen molar-refractivity contribution in [2.75, 3.05) is 13.7 Å². The molecule has 1 fully saturated rings. The molecule has 0 bridgehead atoms. The Hall–Kier alpha value is -2.84. The summed E-state index contributed by atoms with van der Waals surface area (Å²) in [5, 5.41) is 0. The van der Waals surface area contributed by atoms with Gasteiger partial charge in [-0.05, 0) is 31.9 Å². The van der Waals surface area contributed by atoms with Crippen LogP contribution < -0.4 is 10.2 Å². The van der Waals surface area contributed by atoms with Crippen molar-refractivity contribution in [3.63, 3.8) is 0 Å². The zero-order valence-electron chi connectivity index (χ0n) is 16.6. The van der Waals surface area contributed by atoms with Gasteiger partial charge in [0.25, 0.3) is 0 Å². The second-order valence-corrected chi connectivity index (χ2v) is 6.76. The zero-order chi connectivity index (χ0) is 22.3. The van der Waals surface area contributed by atoms with Gasteiger partial charge in [0.15, 0.2) is 17.0 Å². The van der Waals surface area contributed by atoms with Crippen LogP contribution in [-0.4, -0.2) is 30.6 Å². The summed E-state index contributed by atoms with van der Waals surface area (Å²) in [6.07, 6.45) is 1.79. The maximum Gasteiger partial charge on any atom is 0.343 e. The fourth-order valence-corrected chi connectivity index (χ4v) is 3.29. The first-order valence-electron chi connectivity index (χ1n) is 9.44. The molecule has 1 N–H and O–H groups in total. The summed E-state index contributed by atoms with van der Waals surface area (Å²) in [4.78, 5) is 26.5. The number of halogens is 4. The van der Waals surface area contributed by atoms with Crippen LogP contribution in [0.1, 0.15) is 54.6 Å². The molecule has 1 atom stereocenters. The number of hydrogen-bond acceptors (Lipinski definition) is 4. The number of pyridine rings is 1. The van der Waals surface area contributed by atoms with Gasteiger partial charge in [0, 0.05) is 36.7 Å². The molecule has 164 valence electrons. The Labute approximate surface area is 171 Å². The molecule has 1 aromatic carbocycles. The third-order valence-corrected chi connectivity index (χ3v) is 4.65. The summed E-state index contributed by atoms with van der Waals surface area (Å²) in [5.74, 6) is -5.92. The molecule has 0 spiro atoms. The van der Waals surface area contributed by atoms with E-state index in [0.29, 0.717) is 12.8 Å². The number of benzene rings is 1. The van der Waals surface area contributed by atoms with Gasteiger partial charge in [0.2, 0.25) is 11.7 Å². The van der Waals surface area contributed by atoms with E-state index in [0.717, 1.165) is 6.07 Å². The maximum atomic E-state index is 13.5. The van der Waals surface area contributed by atoms with E-state index in [1.807, 2.05) is 0 Å². The van der Waals surface area contributed by atoms with Gasteiger partial charge < -0.3 is 14.5 Å². The van der Waals surface area contributed by atoms with Crippen LogP contribution in [0.25, 0.3) is 0 Å². The normalized spacial score (nSPS) is 17.5. The van der Waals surface area contributed by atoms with Crippen LogP contribution in [0.15, 0.2) is 35.3 Å². The van der Waals surface area contributed by atoms with Crippen molar-refractivity contribution in [3.05, 3.63) is 63.6 Å². The lowest BCUT2D eigenvalue weighted by atomic mass is 9.82. The van der Waals surface area contributed by atoms with Crippen LogP contribution in [0.4, 0.5) is 17.6 Å². The van der Waals surface area contributed by atoms with E-state index in [4.69, 9.17) is 4.74 Å². The van der Waals surface area contributed by atoms with Gasteiger partial charge in [-0.2, -0.15) is 4.39 Å². The van der Waals surface area contributed by atoms with Gasteiger partial charge in [-0.15, -0.1) is 0 Å². The minimum atomic E-state index is -2.75. The van der Waals surface area contributed by atoms with E-state index >= 15 is 0 Å². The van der Waals surface area contributed by atoms with Crippen LogP contribution in [0.3, 0.4) is 0 Å². The molecule has 1 aliphatic rings. The zero-order valence-corrected chi connectivity index (χ0v) is 16.6. The van der Waals surface area contributed by atoms with Crippen LogP contribution in [0, 0.1) is 11.6 Å². The first-order valence-corrected chi connectivity index (χ1v) is 9.44. The standard InChI is InChI=1S/C14H17F2NO3.C7H6F2O/c1-2-20-13(19)11-10(18)5-7-17-12(11)9-4-3-6-14(15,16)8-9;1-10-6-4-2-3-5(8)7(6)9/h5,7,9H,2-4,6,8H2,1H3,(H,17,18);2-4H,1H3/t9-;/m0./s1. The van der Waals surface area contributed by atoms with Gasteiger partial charge in [0.1, 0.15) is 5.56 Å². The van der Waals surface area contributed by atoms with E-state index in [-0.39, 0.29) is 36.5 Å². The van der Waals surface area contributed by atoms with E-state index < -0.39 is 34.9 Å². The number of rotatable bonds is 4. The van der Waals surface area contributed by atoms with E-state index in [1.165, 1.54) is 31.5 Å². The molecule has 30 heavy (non-hydrogen) atoms. The van der Waals surface area contributed by atoms with E-state index in [2.05, 4.69) is 9.72 Å². The van der Waals surface area contributed by atoms with Crippen LogP contribution in [0.5, 0.6) is 5.75 Å². The summed E-state index contributed by atoms with van der Waals surface area (Å²) < 4.78 is 61.2. The molecular formula is C21H23F4NO4. The Balaban J connectivity index is 0.000000269. The molecule has 0 amide bonds. The number of ether oxygens (including phenoxy) is 2. The van der Waals surface area contributed by atoms with Gasteiger partial charge in [-0.3, -0.25) is 4.79 Å². The number of alkyl halides is 2. The number of H-pyrrole nitrogens is 1. The average molecular weight is 429 g/mol. The van der Waals surface area contributed by atoms with Crippen molar-refractivity contribution in [2.24, 2.45) is 0 Å². The fraction of sp³-hybridized carbons (Fsp3) is 0.429. The molecule has 5 nitrogen and oxygen atoms in total. The predicted molar refractivity (Wildman–Crippen MR) is 102 cm³/mol. The topological polar surface area (TPSA) is 68.4 Å². The second kappa shape index (κ2) is 10.3. The number of methoxy groups -OCH3 is 1. The minimum absolute atomic E-state index is 0.0694. The Bertz CT molecular complexity index is 929. The molecule has 9 heteroatoms. The molecule has 1 heterocycles. The summed E-state index contributed by atoms with van der Waals surface area (Å²) in [6.45, 7) is 1.76. The molecule has 0 radical (unpaired) electrons. The fourth-order valence-electron chi connectivity index (χ4n) is 3.29. The third kappa shape index (κ3) is 5.84. The molecule has 0 saturated heterocycles. The maximum absolute atomic E-state index is 13.5. The molecule has 1 saturated carbocycles. The lowest BCUT2D eigenvalue weighted by molar-refractivity contribution is -0.0414. The number of aromatic amines is 1. The summed E-state index contributed by atoms with van der Waals surface area (Å²) >= 11 is 0. The predicted octanol–water partition coefficient (Wildman–Crippen LogP) is 4.82. The Morgan fingerprint density at radius 2 is 2.00 bits per heavy atom. The largest absolute Gasteiger partial charge is 0.494 e. The summed E-state index contributed by atoms with van der Waals surface area (Å²) in [5.41, 5.74) is -0.363. The quantitative estimate of drug-likeness (QED) is 0.559. The monoisotopic (exact) mass is 429 g/mol. The molecule has 1 aliphatic carbocycles. The lowest BCUT2D eigenvalue weighted by Crippen LogP contribution is -2.29. The van der Waals surface area contributed by atoms with E-state index in [9.17, 15) is 27.2 Å². The smallest absolute Gasteiger partial charge is 0.343 e. The Morgan fingerprint density at radius 1 is 1.27 bits per heavy atom. The van der Waals surface area contributed by atoms with Crippen LogP contribution in [-0.2, 0) is 4.74 Å². The Morgan fingerprint density at radius 3 is 2.60 bits per heavy atom. The molecule has 3 rings (SSSR count). The van der Waals surface area contributed by atoms with Crippen molar-refractivity contribution in [1.82, 2.24) is 4.98 Å². The second-order valence-electron chi connectivity index (χ2n) is 6.76. The van der Waals surface area contributed by atoms with Gasteiger partial charge in [0.05, 0.1) is 13.7 Å². The highest BCUT2D eigenvalue weighted by molar-refractivity contribution is 5.90. The van der Waals surface area contributed by atoms with Crippen molar-refractivity contribution >= 4 is 5.97 Å². The minimum Gasteiger partial charge on any atom is -0.494 e. The number of carbonyl (C=O) groups is 1. The van der Waals surface area contributed by atoms with Crippen molar-refractivity contribution < 1.29 is 31.8 Å². The Kier molecular flexibility index (Phi) is 8.02. The number of carbonyl (C=O) groups excluding carboxylic acids is 1. The van der Waals surface area contributed by atoms with Gasteiger partial charge >= 0.3 is 5.97 Å². The summed E-state index contributed by atoms with van der Waals surface area (Å²) in [6, 6.07) is 4.99. The molecule has 2 aromatic rings. The van der Waals surface area contributed by atoms with Crippen LogP contribution in [0.2, 0.25) is 0 Å². The average Bonchev–Trinajstić information content (AvgIpc) is 2.69.